The van der Waals surface area contributed by atoms with Crippen LogP contribution in [0.25, 0.3) is 22.3 Å². The highest BCUT2D eigenvalue weighted by Gasteiger charge is 2.38. The summed E-state index contributed by atoms with van der Waals surface area (Å²) in [5, 5.41) is 21.8. The lowest BCUT2D eigenvalue weighted by Gasteiger charge is -2.23. The molecule has 216 valence electrons. The molecule has 17 heteroatoms. The molecule has 2 atom stereocenters. The van der Waals surface area contributed by atoms with E-state index < -0.39 is 27.8 Å². The van der Waals surface area contributed by atoms with Crippen molar-refractivity contribution in [2.24, 2.45) is 5.92 Å². The lowest BCUT2D eigenvalue weighted by Crippen LogP contribution is -2.26. The molecule has 0 saturated carbocycles. The molecule has 0 unspecified atom stereocenters. The van der Waals surface area contributed by atoms with Gasteiger partial charge in [0.15, 0.2) is 26.5 Å². The summed E-state index contributed by atoms with van der Waals surface area (Å²) in [7, 11) is -3.56. The number of nitrogens with one attached hydrogen (secondary N) is 1. The van der Waals surface area contributed by atoms with Gasteiger partial charge in [0.05, 0.1) is 30.4 Å². The first-order chi connectivity index (χ1) is 19.3. The van der Waals surface area contributed by atoms with Crippen molar-refractivity contribution in [1.29, 1.82) is 5.26 Å². The summed E-state index contributed by atoms with van der Waals surface area (Å²) in [6.07, 6.45) is 3.72. The topological polar surface area (TPSA) is 171 Å². The van der Waals surface area contributed by atoms with Crippen molar-refractivity contribution in [3.05, 3.63) is 48.9 Å². The lowest BCUT2D eigenvalue weighted by atomic mass is 9.96. The standard InChI is InChI=1S/C22H21FN8O2S.C2HF3O2/c1-34(32,33)19-3-2-17(23)22(29-19)30-9-6-14(11-30)18(4-7-24)31-12-15(10-28-31)20-16-5-8-25-21(16)27-13-26-20;3-2(4,5)1(6)7/h2-3,5,8,10,12-14,18H,4,6,9,11H2,1H3,(H,25,26,27);(H,6,7)/t14-,18-;/m0./s1. The third kappa shape index (κ3) is 6.60. The van der Waals surface area contributed by atoms with Gasteiger partial charge in [0.25, 0.3) is 0 Å². The molecule has 4 aromatic rings. The molecule has 1 saturated heterocycles. The van der Waals surface area contributed by atoms with E-state index >= 15 is 0 Å². The number of anilines is 1. The molecule has 0 radical (unpaired) electrons. The van der Waals surface area contributed by atoms with Crippen molar-refractivity contribution in [1.82, 2.24) is 29.7 Å². The number of carboxylic acid groups (broad SMARTS) is 1. The minimum absolute atomic E-state index is 0.00633. The van der Waals surface area contributed by atoms with Gasteiger partial charge in [-0.25, -0.2) is 32.6 Å². The number of hydrogen-bond acceptors (Lipinski definition) is 9. The zero-order chi connectivity index (χ0) is 29.9. The van der Waals surface area contributed by atoms with Crippen molar-refractivity contribution >= 4 is 32.7 Å². The fraction of sp³-hybridized carbons (Fsp3) is 0.333. The van der Waals surface area contributed by atoms with Crippen LogP contribution in [0.2, 0.25) is 0 Å². The monoisotopic (exact) mass is 594 g/mol. The van der Waals surface area contributed by atoms with Crippen molar-refractivity contribution in [3.63, 3.8) is 0 Å². The van der Waals surface area contributed by atoms with Gasteiger partial charge in [-0.15, -0.1) is 0 Å². The molecule has 5 heterocycles. The molecule has 2 N–H and O–H groups in total. The zero-order valence-corrected chi connectivity index (χ0v) is 22.1. The minimum atomic E-state index is -5.08. The summed E-state index contributed by atoms with van der Waals surface area (Å²) in [4.78, 5) is 26.4. The average molecular weight is 595 g/mol. The summed E-state index contributed by atoms with van der Waals surface area (Å²) in [5.74, 6) is -3.33. The van der Waals surface area contributed by atoms with Crippen LogP contribution in [-0.2, 0) is 14.6 Å². The van der Waals surface area contributed by atoms with Gasteiger partial charge in [0.1, 0.15) is 12.0 Å². The largest absolute Gasteiger partial charge is 0.490 e. The molecule has 5 rings (SSSR count). The number of nitrogens with zero attached hydrogens (tertiary/aromatic N) is 7. The number of H-pyrrole nitrogens is 1. The second-order valence-corrected chi connectivity index (χ2v) is 11.1. The fourth-order valence-electron chi connectivity index (χ4n) is 4.45. The number of rotatable bonds is 6. The SMILES string of the molecule is CS(=O)(=O)c1ccc(F)c(N2CC[C@H]([C@H](CC#N)n3cc(-c4ncnc5[nH]ccc45)cn3)C2)n1.O=C(O)C(F)(F)F. The van der Waals surface area contributed by atoms with Crippen LogP contribution in [0, 0.1) is 23.1 Å². The Kier molecular flexibility index (Phi) is 8.24. The van der Waals surface area contributed by atoms with Crippen LogP contribution < -0.4 is 4.90 Å². The summed E-state index contributed by atoms with van der Waals surface area (Å²) in [6.45, 7) is 0.919. The molecular formula is C24H22F4N8O4S. The summed E-state index contributed by atoms with van der Waals surface area (Å²) in [5.41, 5.74) is 2.27. The van der Waals surface area contributed by atoms with Crippen molar-refractivity contribution in [2.75, 3.05) is 24.2 Å². The average Bonchev–Trinajstić information content (AvgIpc) is 3.67. The van der Waals surface area contributed by atoms with Gasteiger partial charge in [0, 0.05) is 48.6 Å². The molecule has 1 fully saturated rings. The maximum Gasteiger partial charge on any atom is 0.490 e. The van der Waals surface area contributed by atoms with Gasteiger partial charge in [-0.2, -0.15) is 23.5 Å². The Morgan fingerprint density at radius 2 is 2.02 bits per heavy atom. The number of carboxylic acids is 1. The summed E-state index contributed by atoms with van der Waals surface area (Å²) >= 11 is 0. The molecule has 1 aliphatic rings. The number of pyridine rings is 1. The van der Waals surface area contributed by atoms with Crippen LogP contribution in [0.3, 0.4) is 0 Å². The van der Waals surface area contributed by atoms with E-state index in [1.807, 2.05) is 12.3 Å². The number of aromatic amines is 1. The molecule has 41 heavy (non-hydrogen) atoms. The highest BCUT2D eigenvalue weighted by atomic mass is 32.2. The number of nitriles is 1. The number of fused-ring (bicyclic) bond motifs is 1. The molecule has 0 aromatic carbocycles. The van der Waals surface area contributed by atoms with Crippen molar-refractivity contribution in [2.45, 2.75) is 30.1 Å². The summed E-state index contributed by atoms with van der Waals surface area (Å²) < 4.78 is 71.8. The van der Waals surface area contributed by atoms with Gasteiger partial charge in [-0.1, -0.05) is 0 Å². The minimum Gasteiger partial charge on any atom is -0.475 e. The number of sulfone groups is 1. The molecule has 1 aliphatic heterocycles. The molecule has 0 amide bonds. The van der Waals surface area contributed by atoms with Gasteiger partial charge in [-0.05, 0) is 24.6 Å². The predicted molar refractivity (Wildman–Crippen MR) is 136 cm³/mol. The van der Waals surface area contributed by atoms with E-state index in [4.69, 9.17) is 9.90 Å². The van der Waals surface area contributed by atoms with Crippen molar-refractivity contribution < 1.29 is 35.9 Å². The van der Waals surface area contributed by atoms with E-state index in [-0.39, 0.29) is 29.2 Å². The summed E-state index contributed by atoms with van der Waals surface area (Å²) in [6, 6.07) is 6.18. The van der Waals surface area contributed by atoms with Crippen LogP contribution in [0.1, 0.15) is 18.9 Å². The molecule has 12 nitrogen and oxygen atoms in total. The predicted octanol–water partition coefficient (Wildman–Crippen LogP) is 3.37. The van der Waals surface area contributed by atoms with E-state index in [1.54, 1.807) is 22.0 Å². The zero-order valence-electron chi connectivity index (χ0n) is 21.2. The van der Waals surface area contributed by atoms with Gasteiger partial charge < -0.3 is 15.0 Å². The number of alkyl halides is 3. The van der Waals surface area contributed by atoms with Gasteiger partial charge in [0.2, 0.25) is 0 Å². The third-order valence-electron chi connectivity index (χ3n) is 6.36. The molecule has 0 bridgehead atoms. The Labute approximate surface area is 230 Å². The second kappa shape index (κ2) is 11.5. The van der Waals surface area contributed by atoms with Crippen LogP contribution in [0.4, 0.5) is 23.4 Å². The Balaban J connectivity index is 0.000000493. The molecule has 0 spiro atoms. The van der Waals surface area contributed by atoms with Crippen molar-refractivity contribution in [3.8, 4) is 17.3 Å². The Bertz CT molecular complexity index is 1710. The van der Waals surface area contributed by atoms with Gasteiger partial charge >= 0.3 is 12.1 Å². The number of aromatic nitrogens is 6. The van der Waals surface area contributed by atoms with E-state index in [9.17, 15) is 31.2 Å². The van der Waals surface area contributed by atoms with Crippen LogP contribution in [0.15, 0.2) is 48.1 Å². The van der Waals surface area contributed by atoms with E-state index in [1.165, 1.54) is 12.4 Å². The Morgan fingerprint density at radius 3 is 2.68 bits per heavy atom. The highest BCUT2D eigenvalue weighted by Crippen LogP contribution is 2.34. The number of carbonyl (C=O) groups is 1. The number of halogens is 4. The van der Waals surface area contributed by atoms with E-state index in [0.29, 0.717) is 19.5 Å². The maximum atomic E-state index is 14.5. The van der Waals surface area contributed by atoms with Crippen LogP contribution >= 0.6 is 0 Å². The molecule has 0 aliphatic carbocycles. The van der Waals surface area contributed by atoms with E-state index in [0.717, 1.165) is 34.6 Å². The lowest BCUT2D eigenvalue weighted by molar-refractivity contribution is -0.192. The first kappa shape index (κ1) is 29.4. The first-order valence-electron chi connectivity index (χ1n) is 11.9. The molecule has 4 aromatic heterocycles. The number of hydrogen-bond donors (Lipinski definition) is 2. The third-order valence-corrected chi connectivity index (χ3v) is 7.35. The Morgan fingerprint density at radius 1 is 1.29 bits per heavy atom. The van der Waals surface area contributed by atoms with Crippen LogP contribution in [0.5, 0.6) is 0 Å². The second-order valence-electron chi connectivity index (χ2n) is 9.13. The quantitative estimate of drug-likeness (QED) is 0.315. The van der Waals surface area contributed by atoms with Crippen LogP contribution in [-0.4, -0.2) is 74.7 Å². The fourth-order valence-corrected chi connectivity index (χ4v) is 5.02. The number of aliphatic carboxylic acids is 1. The first-order valence-corrected chi connectivity index (χ1v) is 13.8. The normalized spacial score (nSPS) is 16.2. The Hall–Kier alpha value is -4.59. The van der Waals surface area contributed by atoms with E-state index in [2.05, 4.69) is 31.1 Å². The van der Waals surface area contributed by atoms with Gasteiger partial charge in [-0.3, -0.25) is 4.68 Å². The molecular weight excluding hydrogens is 572 g/mol. The smallest absolute Gasteiger partial charge is 0.475 e. The highest BCUT2D eigenvalue weighted by molar-refractivity contribution is 7.90. The maximum absolute atomic E-state index is 14.5.